The Hall–Kier alpha value is 0.360. The Balaban J connectivity index is 2.19. The van der Waals surface area contributed by atoms with Crippen LogP contribution in [0.15, 0.2) is 0 Å². The van der Waals surface area contributed by atoms with E-state index in [-0.39, 0.29) is 6.67 Å². The molecule has 0 aromatic rings. The van der Waals surface area contributed by atoms with Crippen LogP contribution >= 0.6 is 9.24 Å². The van der Waals surface area contributed by atoms with Crippen molar-refractivity contribution in [2.75, 3.05) is 12.8 Å². The molecule has 0 N–H and O–H groups in total. The maximum Gasteiger partial charge on any atom is 0.0897 e. The van der Waals surface area contributed by atoms with Gasteiger partial charge in [0.1, 0.15) is 0 Å². The molecule has 0 fully saturated rings. The molecule has 0 aromatic carbocycles. The highest BCUT2D eigenvalue weighted by Crippen LogP contribution is 1.85. The smallest absolute Gasteiger partial charge is 0.0897 e. The second kappa shape index (κ2) is 4.36. The third kappa shape index (κ3) is 4.36. The molecule has 0 saturated heterocycles. The fourth-order valence-electron chi connectivity index (χ4n) is 0.0772. The molecule has 32 valence electrons. The maximum absolute atomic E-state index is 11.0. The Labute approximate surface area is 34.0 Å². The minimum atomic E-state index is -0.177. The van der Waals surface area contributed by atoms with E-state index >= 15 is 0 Å². The monoisotopic (exact) mass is 94.0 g/mol. The van der Waals surface area contributed by atoms with Gasteiger partial charge in [-0.15, -0.1) is 9.24 Å². The van der Waals surface area contributed by atoms with Crippen molar-refractivity contribution in [1.29, 1.82) is 0 Å². The molecule has 0 nitrogen and oxygen atoms in total. The molecule has 0 bridgehead atoms. The number of hydrogen-bond donors (Lipinski definition) is 0. The van der Waals surface area contributed by atoms with E-state index < -0.39 is 0 Å². The molecule has 2 heteroatoms. The molecule has 0 radical (unpaired) electrons. The van der Waals surface area contributed by atoms with Crippen LogP contribution < -0.4 is 0 Å². The first-order valence-electron chi connectivity index (χ1n) is 1.68. The second-order valence-corrected chi connectivity index (χ2v) is 1.41. The minimum Gasteiger partial charge on any atom is -0.251 e. The second-order valence-electron chi connectivity index (χ2n) is 0.831. The van der Waals surface area contributed by atoms with Crippen LogP contribution in [-0.2, 0) is 0 Å². The summed E-state index contributed by atoms with van der Waals surface area (Å²) >= 11 is 0. The van der Waals surface area contributed by atoms with Crippen molar-refractivity contribution >= 4 is 9.24 Å². The zero-order chi connectivity index (χ0) is 4.12. The van der Waals surface area contributed by atoms with Crippen LogP contribution in [0.3, 0.4) is 0 Å². The van der Waals surface area contributed by atoms with Crippen molar-refractivity contribution in [3.8, 4) is 0 Å². The van der Waals surface area contributed by atoms with Gasteiger partial charge in [0.25, 0.3) is 0 Å². The standard InChI is InChI=1S/C3H8FP/c4-2-1-3-5/h1-3,5H2. The zero-order valence-electron chi connectivity index (χ0n) is 3.08. The highest BCUT2D eigenvalue weighted by molar-refractivity contribution is 7.16. The van der Waals surface area contributed by atoms with Crippen molar-refractivity contribution in [2.45, 2.75) is 6.42 Å². The first-order chi connectivity index (χ1) is 2.41. The van der Waals surface area contributed by atoms with Crippen molar-refractivity contribution in [3.05, 3.63) is 0 Å². The fourth-order valence-corrected chi connectivity index (χ4v) is 0.231. The molecule has 5 heavy (non-hydrogen) atoms. The molecule has 0 aliphatic heterocycles. The van der Waals surface area contributed by atoms with E-state index in [1.54, 1.807) is 0 Å². The number of rotatable bonds is 2. The van der Waals surface area contributed by atoms with Crippen LogP contribution in [0.1, 0.15) is 6.42 Å². The predicted molar refractivity (Wildman–Crippen MR) is 25.2 cm³/mol. The van der Waals surface area contributed by atoms with Gasteiger partial charge >= 0.3 is 0 Å². The molecule has 1 unspecified atom stereocenters. The van der Waals surface area contributed by atoms with Crippen LogP contribution in [0, 0.1) is 0 Å². The molecular formula is C3H8FP. The molecule has 0 rings (SSSR count). The van der Waals surface area contributed by atoms with Gasteiger partial charge in [0.05, 0.1) is 6.67 Å². The molecule has 0 spiro atoms. The summed E-state index contributed by atoms with van der Waals surface area (Å²) in [6, 6.07) is 0. The van der Waals surface area contributed by atoms with Gasteiger partial charge in [-0.3, -0.25) is 4.39 Å². The van der Waals surface area contributed by atoms with Gasteiger partial charge in [0.15, 0.2) is 0 Å². The summed E-state index contributed by atoms with van der Waals surface area (Å²) in [5.74, 6) is 0. The van der Waals surface area contributed by atoms with Crippen LogP contribution in [0.4, 0.5) is 4.39 Å². The lowest BCUT2D eigenvalue weighted by atomic mass is 10.6. The Bertz CT molecular complexity index is 14.4. The topological polar surface area (TPSA) is 0 Å². The third-order valence-corrected chi connectivity index (χ3v) is 0.746. The summed E-state index contributed by atoms with van der Waals surface area (Å²) in [5.41, 5.74) is 0. The Kier molecular flexibility index (Phi) is 4.67. The fraction of sp³-hybridized carbons (Fsp3) is 1.00. The lowest BCUT2D eigenvalue weighted by molar-refractivity contribution is 0.489. The van der Waals surface area contributed by atoms with E-state index in [0.717, 1.165) is 6.16 Å². The first-order valence-corrected chi connectivity index (χ1v) is 2.49. The molecule has 0 amide bonds. The summed E-state index contributed by atoms with van der Waals surface area (Å²) in [4.78, 5) is 0. The van der Waals surface area contributed by atoms with E-state index in [1.165, 1.54) is 0 Å². The lowest BCUT2D eigenvalue weighted by Gasteiger charge is -1.76. The van der Waals surface area contributed by atoms with Crippen molar-refractivity contribution < 1.29 is 4.39 Å². The summed E-state index contributed by atoms with van der Waals surface area (Å²) < 4.78 is 11.0. The zero-order valence-corrected chi connectivity index (χ0v) is 4.23. The molecule has 0 aliphatic carbocycles. The van der Waals surface area contributed by atoms with Gasteiger partial charge in [-0.2, -0.15) is 0 Å². The first kappa shape index (κ1) is 5.36. The molecule has 0 heterocycles. The molecule has 0 aromatic heterocycles. The summed E-state index contributed by atoms with van der Waals surface area (Å²) in [7, 11) is 2.46. The Morgan fingerprint density at radius 2 is 2.20 bits per heavy atom. The SMILES string of the molecule is FCCCP. The average Bonchev–Trinajstić information content (AvgIpc) is 1.41. The van der Waals surface area contributed by atoms with Gasteiger partial charge in [-0.05, 0) is 12.6 Å². The number of hydrogen-bond acceptors (Lipinski definition) is 0. The van der Waals surface area contributed by atoms with Gasteiger partial charge < -0.3 is 0 Å². The summed E-state index contributed by atoms with van der Waals surface area (Å²) in [5, 5.41) is 0. The van der Waals surface area contributed by atoms with E-state index in [9.17, 15) is 4.39 Å². The largest absolute Gasteiger partial charge is 0.251 e. The van der Waals surface area contributed by atoms with E-state index in [4.69, 9.17) is 0 Å². The minimum absolute atomic E-state index is 0.177. The maximum atomic E-state index is 11.0. The van der Waals surface area contributed by atoms with Crippen LogP contribution in [0.25, 0.3) is 0 Å². The van der Waals surface area contributed by atoms with Crippen LogP contribution in [-0.4, -0.2) is 12.8 Å². The summed E-state index contributed by atoms with van der Waals surface area (Å²) in [6.07, 6.45) is 1.57. The van der Waals surface area contributed by atoms with Gasteiger partial charge in [-0.1, -0.05) is 0 Å². The van der Waals surface area contributed by atoms with Gasteiger partial charge in [0.2, 0.25) is 0 Å². The van der Waals surface area contributed by atoms with E-state index in [0.29, 0.717) is 6.42 Å². The van der Waals surface area contributed by atoms with Gasteiger partial charge in [-0.25, -0.2) is 0 Å². The van der Waals surface area contributed by atoms with Crippen molar-refractivity contribution in [3.63, 3.8) is 0 Å². The predicted octanol–water partition coefficient (Wildman–Crippen LogP) is 1.22. The van der Waals surface area contributed by atoms with Crippen molar-refractivity contribution in [1.82, 2.24) is 0 Å². The Morgan fingerprint density at radius 1 is 1.60 bits per heavy atom. The van der Waals surface area contributed by atoms with Gasteiger partial charge in [0, 0.05) is 0 Å². The van der Waals surface area contributed by atoms with Crippen LogP contribution in [0.2, 0.25) is 0 Å². The molecule has 1 atom stereocenters. The quantitative estimate of drug-likeness (QED) is 0.451. The lowest BCUT2D eigenvalue weighted by Crippen LogP contribution is -1.71. The van der Waals surface area contributed by atoms with Crippen LogP contribution in [0.5, 0.6) is 0 Å². The number of halogens is 1. The highest BCUT2D eigenvalue weighted by atomic mass is 31.0. The van der Waals surface area contributed by atoms with E-state index in [1.807, 2.05) is 0 Å². The van der Waals surface area contributed by atoms with E-state index in [2.05, 4.69) is 9.24 Å². The molecule has 0 aliphatic rings. The summed E-state index contributed by atoms with van der Waals surface area (Å²) in [6.45, 7) is -0.177. The highest BCUT2D eigenvalue weighted by Gasteiger charge is 1.71. The third-order valence-electron chi connectivity index (χ3n) is 0.338. The average molecular weight is 94.1 g/mol. The molecule has 0 saturated carbocycles. The normalized spacial score (nSPS) is 8.40. The molecular weight excluding hydrogens is 86.0 g/mol. The van der Waals surface area contributed by atoms with Crippen molar-refractivity contribution in [2.24, 2.45) is 0 Å². The Morgan fingerprint density at radius 3 is 2.20 bits per heavy atom. The number of alkyl halides is 1.